The van der Waals surface area contributed by atoms with Gasteiger partial charge in [0.2, 0.25) is 5.91 Å². The molecule has 0 aromatic heterocycles. The van der Waals surface area contributed by atoms with E-state index in [2.05, 4.69) is 11.4 Å². The molecule has 5 nitrogen and oxygen atoms in total. The van der Waals surface area contributed by atoms with Gasteiger partial charge in [0.15, 0.2) is 0 Å². The molecule has 0 aliphatic carbocycles. The van der Waals surface area contributed by atoms with Crippen LogP contribution in [0.4, 0.5) is 0 Å². The molecule has 2 N–H and O–H groups in total. The molecule has 0 saturated heterocycles. The molecule has 1 aromatic carbocycles. The molecule has 0 aliphatic rings. The van der Waals surface area contributed by atoms with E-state index in [1.807, 2.05) is 30.0 Å². The molecule has 21 heavy (non-hydrogen) atoms. The summed E-state index contributed by atoms with van der Waals surface area (Å²) in [7, 11) is 0. The molecular formula is C16H24N2O3. The standard InChI is InChI=1S/C16H24N2O3/c1-12-5-4-6-15(11-12)7-9-18(13(2)16(20)21)10-8-17-14(3)19/h4-6,11,13H,7-10H2,1-3H3,(H,17,19)(H,20,21). The summed E-state index contributed by atoms with van der Waals surface area (Å²) in [4.78, 5) is 23.9. The van der Waals surface area contributed by atoms with E-state index in [0.29, 0.717) is 19.6 Å². The number of carbonyl (C=O) groups is 2. The molecule has 0 heterocycles. The number of nitrogens with one attached hydrogen (secondary N) is 1. The van der Waals surface area contributed by atoms with Gasteiger partial charge in [0.25, 0.3) is 0 Å². The second kappa shape index (κ2) is 8.42. The van der Waals surface area contributed by atoms with Gasteiger partial charge in [0, 0.05) is 26.6 Å². The van der Waals surface area contributed by atoms with Crippen LogP contribution in [-0.4, -0.2) is 47.6 Å². The topological polar surface area (TPSA) is 69.6 Å². The largest absolute Gasteiger partial charge is 0.480 e. The van der Waals surface area contributed by atoms with E-state index in [4.69, 9.17) is 0 Å². The smallest absolute Gasteiger partial charge is 0.320 e. The normalized spacial score (nSPS) is 12.2. The van der Waals surface area contributed by atoms with Gasteiger partial charge >= 0.3 is 5.97 Å². The van der Waals surface area contributed by atoms with Crippen molar-refractivity contribution >= 4 is 11.9 Å². The van der Waals surface area contributed by atoms with Crippen LogP contribution in [0, 0.1) is 6.92 Å². The average Bonchev–Trinajstić information content (AvgIpc) is 2.41. The number of amides is 1. The third kappa shape index (κ3) is 6.40. The summed E-state index contributed by atoms with van der Waals surface area (Å²) >= 11 is 0. The summed E-state index contributed by atoms with van der Waals surface area (Å²) in [6.07, 6.45) is 0.791. The first-order valence-corrected chi connectivity index (χ1v) is 7.17. The zero-order chi connectivity index (χ0) is 15.8. The van der Waals surface area contributed by atoms with Gasteiger partial charge in [0.1, 0.15) is 6.04 Å². The fraction of sp³-hybridized carbons (Fsp3) is 0.500. The minimum atomic E-state index is -0.845. The lowest BCUT2D eigenvalue weighted by atomic mass is 10.1. The summed E-state index contributed by atoms with van der Waals surface area (Å²) in [6.45, 7) is 6.80. The van der Waals surface area contributed by atoms with Crippen LogP contribution in [0.25, 0.3) is 0 Å². The molecule has 116 valence electrons. The van der Waals surface area contributed by atoms with Crippen LogP contribution in [-0.2, 0) is 16.0 Å². The third-order valence-corrected chi connectivity index (χ3v) is 3.45. The lowest BCUT2D eigenvalue weighted by Gasteiger charge is -2.26. The highest BCUT2D eigenvalue weighted by molar-refractivity contribution is 5.73. The fourth-order valence-electron chi connectivity index (χ4n) is 2.17. The number of aryl methyl sites for hydroxylation is 1. The minimum Gasteiger partial charge on any atom is -0.480 e. The molecule has 0 spiro atoms. The fourth-order valence-corrected chi connectivity index (χ4v) is 2.17. The minimum absolute atomic E-state index is 0.100. The van der Waals surface area contributed by atoms with Crippen LogP contribution in [0.3, 0.4) is 0 Å². The van der Waals surface area contributed by atoms with E-state index in [0.717, 1.165) is 6.42 Å². The number of rotatable bonds is 8. The van der Waals surface area contributed by atoms with Crippen molar-refractivity contribution in [2.24, 2.45) is 0 Å². The summed E-state index contributed by atoms with van der Waals surface area (Å²) < 4.78 is 0. The van der Waals surface area contributed by atoms with E-state index in [9.17, 15) is 14.7 Å². The van der Waals surface area contributed by atoms with Gasteiger partial charge in [-0.25, -0.2) is 0 Å². The molecule has 0 bridgehead atoms. The molecule has 5 heteroatoms. The van der Waals surface area contributed by atoms with Gasteiger partial charge in [-0.1, -0.05) is 29.8 Å². The lowest BCUT2D eigenvalue weighted by Crippen LogP contribution is -2.44. The van der Waals surface area contributed by atoms with Crippen LogP contribution < -0.4 is 5.32 Å². The molecule has 1 rings (SSSR count). The molecular weight excluding hydrogens is 268 g/mol. The zero-order valence-corrected chi connectivity index (χ0v) is 12.9. The van der Waals surface area contributed by atoms with Crippen molar-refractivity contribution in [2.75, 3.05) is 19.6 Å². The molecule has 1 unspecified atom stereocenters. The monoisotopic (exact) mass is 292 g/mol. The van der Waals surface area contributed by atoms with Crippen molar-refractivity contribution in [1.82, 2.24) is 10.2 Å². The Morgan fingerprint density at radius 2 is 2.05 bits per heavy atom. The third-order valence-electron chi connectivity index (χ3n) is 3.45. The number of nitrogens with zero attached hydrogens (tertiary/aromatic N) is 1. The highest BCUT2D eigenvalue weighted by Gasteiger charge is 2.19. The molecule has 1 amide bonds. The van der Waals surface area contributed by atoms with Gasteiger partial charge < -0.3 is 10.4 Å². The highest BCUT2D eigenvalue weighted by atomic mass is 16.4. The van der Waals surface area contributed by atoms with Gasteiger partial charge in [-0.05, 0) is 25.8 Å². The number of carboxylic acid groups (broad SMARTS) is 1. The number of carboxylic acids is 1. The molecule has 1 aromatic rings. The summed E-state index contributed by atoms with van der Waals surface area (Å²) in [6, 6.07) is 7.63. The lowest BCUT2D eigenvalue weighted by molar-refractivity contribution is -0.142. The first-order chi connectivity index (χ1) is 9.90. The number of hydrogen-bond donors (Lipinski definition) is 2. The maximum atomic E-state index is 11.2. The Balaban J connectivity index is 2.59. The first kappa shape index (κ1) is 17.2. The quantitative estimate of drug-likeness (QED) is 0.761. The predicted molar refractivity (Wildman–Crippen MR) is 82.2 cm³/mol. The Kier molecular flexibility index (Phi) is 6.88. The van der Waals surface area contributed by atoms with Crippen molar-refractivity contribution in [1.29, 1.82) is 0 Å². The molecule has 0 aliphatic heterocycles. The van der Waals surface area contributed by atoms with Crippen molar-refractivity contribution in [3.63, 3.8) is 0 Å². The van der Waals surface area contributed by atoms with Gasteiger partial charge in [-0.3, -0.25) is 14.5 Å². The predicted octanol–water partition coefficient (Wildman–Crippen LogP) is 1.45. The number of aliphatic carboxylic acids is 1. The second-order valence-electron chi connectivity index (χ2n) is 5.27. The van der Waals surface area contributed by atoms with Gasteiger partial charge in [0.05, 0.1) is 0 Å². The highest BCUT2D eigenvalue weighted by Crippen LogP contribution is 2.07. The maximum Gasteiger partial charge on any atom is 0.320 e. The van der Waals surface area contributed by atoms with Crippen molar-refractivity contribution in [3.8, 4) is 0 Å². The summed E-state index contributed by atoms with van der Waals surface area (Å²) in [5, 5.41) is 11.9. The molecule has 0 radical (unpaired) electrons. The van der Waals surface area contributed by atoms with Crippen LogP contribution in [0.1, 0.15) is 25.0 Å². The molecule has 0 saturated carbocycles. The number of hydrogen-bond acceptors (Lipinski definition) is 3. The Morgan fingerprint density at radius 1 is 1.33 bits per heavy atom. The maximum absolute atomic E-state index is 11.2. The van der Waals surface area contributed by atoms with E-state index in [-0.39, 0.29) is 5.91 Å². The van der Waals surface area contributed by atoms with E-state index < -0.39 is 12.0 Å². The Morgan fingerprint density at radius 3 is 2.62 bits per heavy atom. The van der Waals surface area contributed by atoms with Crippen molar-refractivity contribution in [3.05, 3.63) is 35.4 Å². The summed E-state index contributed by atoms with van der Waals surface area (Å²) in [5.74, 6) is -0.946. The Hall–Kier alpha value is -1.88. The van der Waals surface area contributed by atoms with Crippen molar-refractivity contribution < 1.29 is 14.7 Å². The zero-order valence-electron chi connectivity index (χ0n) is 12.9. The average molecular weight is 292 g/mol. The van der Waals surface area contributed by atoms with E-state index in [1.165, 1.54) is 18.1 Å². The van der Waals surface area contributed by atoms with E-state index in [1.54, 1.807) is 6.92 Å². The molecule has 0 fully saturated rings. The number of benzene rings is 1. The number of carbonyl (C=O) groups excluding carboxylic acids is 1. The van der Waals surface area contributed by atoms with Crippen LogP contribution in [0.5, 0.6) is 0 Å². The van der Waals surface area contributed by atoms with Crippen LogP contribution >= 0.6 is 0 Å². The first-order valence-electron chi connectivity index (χ1n) is 7.17. The SMILES string of the molecule is CC(=O)NCCN(CCc1cccc(C)c1)C(C)C(=O)O. The van der Waals surface area contributed by atoms with E-state index >= 15 is 0 Å². The molecule has 1 atom stereocenters. The Bertz CT molecular complexity index is 488. The second-order valence-corrected chi connectivity index (χ2v) is 5.27. The van der Waals surface area contributed by atoms with Crippen LogP contribution in [0.15, 0.2) is 24.3 Å². The Labute approximate surface area is 126 Å². The van der Waals surface area contributed by atoms with Gasteiger partial charge in [-0.2, -0.15) is 0 Å². The van der Waals surface area contributed by atoms with Crippen LogP contribution in [0.2, 0.25) is 0 Å². The van der Waals surface area contributed by atoms with Gasteiger partial charge in [-0.15, -0.1) is 0 Å². The van der Waals surface area contributed by atoms with Crippen molar-refractivity contribution in [2.45, 2.75) is 33.2 Å². The summed E-state index contributed by atoms with van der Waals surface area (Å²) in [5.41, 5.74) is 2.39.